The van der Waals surface area contributed by atoms with Gasteiger partial charge < -0.3 is 0 Å². The van der Waals surface area contributed by atoms with Crippen molar-refractivity contribution in [3.8, 4) is 0 Å². The van der Waals surface area contributed by atoms with Crippen LogP contribution in [0.1, 0.15) is 56.2 Å². The molecule has 4 nitrogen and oxygen atoms in total. The molecule has 4 heteroatoms. The Morgan fingerprint density at radius 3 is 2.09 bits per heavy atom. The van der Waals surface area contributed by atoms with E-state index in [1.165, 1.54) is 5.56 Å². The van der Waals surface area contributed by atoms with Gasteiger partial charge in [-0.3, -0.25) is 0 Å². The lowest BCUT2D eigenvalue weighted by Crippen LogP contribution is -2.18. The molecular weight excluding hydrogens is 288 g/mol. The number of isocyanates is 2. The Kier molecular flexibility index (Phi) is 6.46. The average molecular weight is 312 g/mol. The lowest BCUT2D eigenvalue weighted by atomic mass is 9.82. The zero-order valence-electron chi connectivity index (χ0n) is 14.0. The van der Waals surface area contributed by atoms with Crippen molar-refractivity contribution in [2.24, 2.45) is 15.9 Å². The fourth-order valence-corrected chi connectivity index (χ4v) is 3.56. The minimum atomic E-state index is 0.172. The third kappa shape index (κ3) is 4.48. The van der Waals surface area contributed by atoms with Crippen LogP contribution in [-0.2, 0) is 28.9 Å². The van der Waals surface area contributed by atoms with Gasteiger partial charge in [0, 0.05) is 0 Å². The maximum Gasteiger partial charge on any atom is 0.240 e. The van der Waals surface area contributed by atoms with Crippen molar-refractivity contribution in [1.29, 1.82) is 0 Å². The maximum absolute atomic E-state index is 10.7. The van der Waals surface area contributed by atoms with Crippen LogP contribution in [0.5, 0.6) is 0 Å². The molecule has 122 valence electrons. The molecule has 0 heterocycles. The van der Waals surface area contributed by atoms with Crippen LogP contribution in [0.15, 0.2) is 22.1 Å². The van der Waals surface area contributed by atoms with Gasteiger partial charge in [0.15, 0.2) is 0 Å². The molecule has 0 radical (unpaired) electrons. The zero-order valence-corrected chi connectivity index (χ0v) is 14.0. The number of nitrogens with zero attached hydrogens (tertiary/aromatic N) is 2. The number of rotatable bonds is 6. The first kappa shape index (κ1) is 17.3. The van der Waals surface area contributed by atoms with E-state index in [-0.39, 0.29) is 6.04 Å². The predicted octanol–water partition coefficient (Wildman–Crippen LogP) is 4.22. The Hall–Kier alpha value is -2.02. The number of aryl methyl sites for hydroxylation is 2. The molecule has 0 unspecified atom stereocenters. The highest BCUT2D eigenvalue weighted by atomic mass is 16.1. The van der Waals surface area contributed by atoms with Gasteiger partial charge in [0.25, 0.3) is 0 Å². The monoisotopic (exact) mass is 312 g/mol. The van der Waals surface area contributed by atoms with Gasteiger partial charge in [-0.05, 0) is 67.6 Å². The van der Waals surface area contributed by atoms with E-state index < -0.39 is 0 Å². The van der Waals surface area contributed by atoms with Crippen LogP contribution in [0.4, 0.5) is 5.69 Å². The fourth-order valence-electron chi connectivity index (χ4n) is 3.56. The summed E-state index contributed by atoms with van der Waals surface area (Å²) in [4.78, 5) is 28.8. The zero-order chi connectivity index (χ0) is 16.7. The van der Waals surface area contributed by atoms with Crippen molar-refractivity contribution in [3.05, 3.63) is 28.8 Å². The molecule has 0 aromatic heterocycles. The van der Waals surface area contributed by atoms with E-state index in [0.29, 0.717) is 5.92 Å². The molecular formula is C19H24N2O2. The summed E-state index contributed by atoms with van der Waals surface area (Å²) in [7, 11) is 0. The minimum Gasteiger partial charge on any atom is -0.211 e. The summed E-state index contributed by atoms with van der Waals surface area (Å²) in [5.74, 6) is 0.642. The Labute approximate surface area is 137 Å². The average Bonchev–Trinajstić information content (AvgIpc) is 2.58. The molecule has 2 rings (SSSR count). The molecule has 1 aliphatic rings. The molecule has 1 aromatic carbocycles. The van der Waals surface area contributed by atoms with Crippen LogP contribution in [0, 0.1) is 5.92 Å². The molecule has 1 aliphatic carbocycles. The number of aliphatic imine (C=N–C) groups is 2. The Balaban J connectivity index is 2.14. The fraction of sp³-hybridized carbons (Fsp3) is 0.579. The molecule has 1 aromatic rings. The lowest BCUT2D eigenvalue weighted by molar-refractivity contribution is 0.325. The van der Waals surface area contributed by atoms with Crippen molar-refractivity contribution in [1.82, 2.24) is 0 Å². The molecule has 0 N–H and O–H groups in total. The molecule has 0 bridgehead atoms. The first-order valence-corrected chi connectivity index (χ1v) is 8.51. The topological polar surface area (TPSA) is 58.9 Å². The summed E-state index contributed by atoms with van der Waals surface area (Å²) < 4.78 is 0. The highest BCUT2D eigenvalue weighted by Gasteiger charge is 2.21. The van der Waals surface area contributed by atoms with Gasteiger partial charge >= 0.3 is 0 Å². The smallest absolute Gasteiger partial charge is 0.211 e. The highest BCUT2D eigenvalue weighted by molar-refractivity contribution is 5.60. The normalized spacial score (nSPS) is 20.4. The Bertz CT molecular complexity index is 608. The molecule has 1 fully saturated rings. The summed E-state index contributed by atoms with van der Waals surface area (Å²) in [6.07, 6.45) is 10.3. The van der Waals surface area contributed by atoms with Crippen LogP contribution < -0.4 is 0 Å². The van der Waals surface area contributed by atoms with Gasteiger partial charge in [-0.1, -0.05) is 26.0 Å². The summed E-state index contributed by atoms with van der Waals surface area (Å²) in [6, 6.07) is 4.54. The second-order valence-electron chi connectivity index (χ2n) is 6.27. The van der Waals surface area contributed by atoms with E-state index in [2.05, 4.69) is 36.0 Å². The number of carbonyl (C=O) groups excluding carboxylic acids is 2. The largest absolute Gasteiger partial charge is 0.240 e. The minimum absolute atomic E-state index is 0.172. The summed E-state index contributed by atoms with van der Waals surface area (Å²) in [6.45, 7) is 4.18. The molecule has 0 atom stereocenters. The standard InChI is InChI=1S/C19H24N2O2/c1-3-16-10-15(11-17(4-2)19(16)21-13-23)9-14-5-7-18(8-6-14)20-12-22/h10-11,14,18H,3-9H2,1-2H3. The Morgan fingerprint density at radius 2 is 1.61 bits per heavy atom. The summed E-state index contributed by atoms with van der Waals surface area (Å²) >= 11 is 0. The van der Waals surface area contributed by atoms with Crippen molar-refractivity contribution in [3.63, 3.8) is 0 Å². The molecule has 1 saturated carbocycles. The third-order valence-corrected chi connectivity index (χ3v) is 4.82. The second-order valence-corrected chi connectivity index (χ2v) is 6.27. The number of benzene rings is 1. The Morgan fingerprint density at radius 1 is 1.00 bits per heavy atom. The van der Waals surface area contributed by atoms with Crippen LogP contribution in [0.2, 0.25) is 0 Å². The first-order valence-electron chi connectivity index (χ1n) is 8.51. The van der Waals surface area contributed by atoms with Gasteiger partial charge in [-0.25, -0.2) is 14.6 Å². The van der Waals surface area contributed by atoms with E-state index in [1.54, 1.807) is 12.2 Å². The van der Waals surface area contributed by atoms with E-state index in [0.717, 1.165) is 61.8 Å². The van der Waals surface area contributed by atoms with Crippen molar-refractivity contribution >= 4 is 17.8 Å². The predicted molar refractivity (Wildman–Crippen MR) is 90.6 cm³/mol. The molecule has 0 spiro atoms. The third-order valence-electron chi connectivity index (χ3n) is 4.82. The van der Waals surface area contributed by atoms with E-state index >= 15 is 0 Å². The van der Waals surface area contributed by atoms with E-state index in [4.69, 9.17) is 0 Å². The van der Waals surface area contributed by atoms with Crippen LogP contribution in [0.25, 0.3) is 0 Å². The van der Waals surface area contributed by atoms with Crippen molar-refractivity contribution in [2.45, 2.75) is 64.8 Å². The summed E-state index contributed by atoms with van der Waals surface area (Å²) in [5, 5.41) is 0. The van der Waals surface area contributed by atoms with Crippen LogP contribution in [-0.4, -0.2) is 18.2 Å². The molecule has 0 amide bonds. The first-order chi connectivity index (χ1) is 11.2. The molecule has 0 saturated heterocycles. The van der Waals surface area contributed by atoms with E-state index in [1.807, 2.05) is 0 Å². The number of hydrogen-bond acceptors (Lipinski definition) is 4. The lowest BCUT2D eigenvalue weighted by Gasteiger charge is -2.26. The van der Waals surface area contributed by atoms with Crippen molar-refractivity contribution < 1.29 is 9.59 Å². The second kappa shape index (κ2) is 8.57. The molecule has 0 aliphatic heterocycles. The van der Waals surface area contributed by atoms with Gasteiger partial charge in [0.05, 0.1) is 11.7 Å². The molecule has 23 heavy (non-hydrogen) atoms. The van der Waals surface area contributed by atoms with Crippen LogP contribution in [0.3, 0.4) is 0 Å². The summed E-state index contributed by atoms with van der Waals surface area (Å²) in [5.41, 5.74) is 4.38. The van der Waals surface area contributed by atoms with Gasteiger partial charge in [0.2, 0.25) is 12.2 Å². The number of hydrogen-bond donors (Lipinski definition) is 0. The van der Waals surface area contributed by atoms with Gasteiger partial charge in [0.1, 0.15) is 0 Å². The van der Waals surface area contributed by atoms with E-state index in [9.17, 15) is 9.59 Å². The van der Waals surface area contributed by atoms with Gasteiger partial charge in [-0.15, -0.1) is 0 Å². The quantitative estimate of drug-likeness (QED) is 0.583. The van der Waals surface area contributed by atoms with Gasteiger partial charge in [-0.2, -0.15) is 4.99 Å². The highest BCUT2D eigenvalue weighted by Crippen LogP contribution is 2.32. The SMILES string of the molecule is CCc1cc(CC2CCC(N=C=O)CC2)cc(CC)c1N=C=O. The maximum atomic E-state index is 10.7. The van der Waals surface area contributed by atoms with Crippen LogP contribution >= 0.6 is 0 Å². The van der Waals surface area contributed by atoms with Crippen molar-refractivity contribution in [2.75, 3.05) is 0 Å².